The minimum absolute atomic E-state index is 0.00145. The summed E-state index contributed by atoms with van der Waals surface area (Å²) >= 11 is 0.997. The molecule has 0 saturated carbocycles. The van der Waals surface area contributed by atoms with Crippen molar-refractivity contribution in [2.75, 3.05) is 0 Å². The molecular formula is C14H10N6O6S. The Morgan fingerprint density at radius 3 is 2.70 bits per heavy atom. The fourth-order valence-corrected chi connectivity index (χ4v) is 3.62. The number of aryl methyl sites for hydroxylation is 1. The Balaban J connectivity index is 1.73. The number of aromatic nitrogens is 4. The molecule has 12 nitrogen and oxygen atoms in total. The summed E-state index contributed by atoms with van der Waals surface area (Å²) in [6, 6.07) is 2.53. The van der Waals surface area contributed by atoms with Gasteiger partial charge in [-0.25, -0.2) is 14.3 Å². The number of rotatable bonds is 3. The summed E-state index contributed by atoms with van der Waals surface area (Å²) in [5, 5.41) is 9.93. The molecule has 0 saturated heterocycles. The number of carbonyl (C=O) groups excluding carboxylic acids is 1. The third-order valence-corrected chi connectivity index (χ3v) is 5.04. The third-order valence-electron chi connectivity index (χ3n) is 4.01. The maximum Gasteiger partial charge on any atom is 0.433 e. The van der Waals surface area contributed by atoms with Crippen LogP contribution in [0.15, 0.2) is 36.3 Å². The van der Waals surface area contributed by atoms with E-state index in [2.05, 4.69) is 9.98 Å². The van der Waals surface area contributed by atoms with Crippen LogP contribution in [0.2, 0.25) is 0 Å². The van der Waals surface area contributed by atoms with Crippen LogP contribution >= 0.6 is 11.8 Å². The number of nitrogens with zero attached hydrogens (tertiary/aromatic N) is 6. The van der Waals surface area contributed by atoms with Crippen molar-refractivity contribution in [3.63, 3.8) is 0 Å². The molecule has 0 radical (unpaired) electrons. The number of furan rings is 1. The molecule has 0 bridgehead atoms. The average molecular weight is 390 g/mol. The molecule has 138 valence electrons. The van der Waals surface area contributed by atoms with Crippen LogP contribution in [-0.4, -0.2) is 41.1 Å². The quantitative estimate of drug-likeness (QED) is 0.348. The van der Waals surface area contributed by atoms with Gasteiger partial charge < -0.3 is 4.42 Å². The number of nitro groups is 1. The van der Waals surface area contributed by atoms with E-state index in [1.54, 1.807) is 0 Å². The summed E-state index contributed by atoms with van der Waals surface area (Å²) in [7, 11) is 2.78. The van der Waals surface area contributed by atoms with Gasteiger partial charge in [0.15, 0.2) is 27.5 Å². The van der Waals surface area contributed by atoms with Crippen LogP contribution in [-0.2, 0) is 14.1 Å². The largest absolute Gasteiger partial charge is 0.433 e. The third kappa shape index (κ3) is 2.43. The number of fused-ring (bicyclic) bond motifs is 3. The standard InChI is InChI=1S/C14H10N6O6S/c1-17-9-8(11(21)18(2)14(17)23)19-12(22)10(27-13(19)16-9)15-5-6-3-4-7(26-6)20(24)25/h3-5,10H,1-2H3. The van der Waals surface area contributed by atoms with Gasteiger partial charge in [-0.2, -0.15) is 0 Å². The van der Waals surface area contributed by atoms with Crippen LogP contribution in [0.4, 0.5) is 5.88 Å². The summed E-state index contributed by atoms with van der Waals surface area (Å²) in [6.07, 6.45) is 1.20. The van der Waals surface area contributed by atoms with Crippen molar-refractivity contribution < 1.29 is 14.1 Å². The number of hydrogen-bond acceptors (Lipinski definition) is 9. The lowest BCUT2D eigenvalue weighted by Gasteiger charge is -2.05. The van der Waals surface area contributed by atoms with Gasteiger partial charge in [0.1, 0.15) is 4.92 Å². The summed E-state index contributed by atoms with van der Waals surface area (Å²) in [5.41, 5.74) is -1.07. The van der Waals surface area contributed by atoms with Crippen molar-refractivity contribution in [1.82, 2.24) is 18.7 Å². The van der Waals surface area contributed by atoms with Crippen molar-refractivity contribution in [1.29, 1.82) is 0 Å². The maximum absolute atomic E-state index is 12.7. The number of thioether (sulfide) groups is 1. The normalized spacial score (nSPS) is 16.5. The number of hydrogen-bond donors (Lipinski definition) is 0. The van der Waals surface area contributed by atoms with E-state index in [-0.39, 0.29) is 22.1 Å². The Hall–Kier alpha value is -3.48. The van der Waals surface area contributed by atoms with E-state index in [0.29, 0.717) is 0 Å². The molecule has 3 aromatic rings. The summed E-state index contributed by atoms with van der Waals surface area (Å²) in [5.74, 6) is -0.835. The molecule has 13 heteroatoms. The first-order valence-electron chi connectivity index (χ1n) is 7.46. The van der Waals surface area contributed by atoms with Crippen LogP contribution < -0.4 is 11.2 Å². The molecule has 1 aliphatic heterocycles. The highest BCUT2D eigenvalue weighted by atomic mass is 32.2. The lowest BCUT2D eigenvalue weighted by Crippen LogP contribution is -2.38. The zero-order chi connectivity index (χ0) is 19.5. The predicted molar refractivity (Wildman–Crippen MR) is 93.4 cm³/mol. The lowest BCUT2D eigenvalue weighted by molar-refractivity contribution is -0.402. The van der Waals surface area contributed by atoms with Gasteiger partial charge in [0, 0.05) is 14.1 Å². The zero-order valence-electron chi connectivity index (χ0n) is 13.9. The maximum atomic E-state index is 12.7. The predicted octanol–water partition coefficient (Wildman–Crippen LogP) is 0.126. The Morgan fingerprint density at radius 1 is 1.30 bits per heavy atom. The molecule has 1 atom stereocenters. The minimum Gasteiger partial charge on any atom is -0.400 e. The molecular weight excluding hydrogens is 380 g/mol. The van der Waals surface area contributed by atoms with Gasteiger partial charge in [-0.05, 0) is 6.07 Å². The van der Waals surface area contributed by atoms with Crippen LogP contribution in [0.5, 0.6) is 0 Å². The average Bonchev–Trinajstić information content (AvgIpc) is 3.32. The molecule has 27 heavy (non-hydrogen) atoms. The van der Waals surface area contributed by atoms with Gasteiger partial charge in [0.2, 0.25) is 0 Å². The van der Waals surface area contributed by atoms with E-state index >= 15 is 0 Å². The van der Waals surface area contributed by atoms with E-state index in [0.717, 1.165) is 20.9 Å². The smallest absolute Gasteiger partial charge is 0.400 e. The van der Waals surface area contributed by atoms with Gasteiger partial charge in [0.25, 0.3) is 11.5 Å². The minimum atomic E-state index is -0.928. The zero-order valence-corrected chi connectivity index (χ0v) is 14.7. The van der Waals surface area contributed by atoms with Crippen molar-refractivity contribution in [2.24, 2.45) is 19.1 Å². The first-order valence-corrected chi connectivity index (χ1v) is 8.34. The van der Waals surface area contributed by atoms with Gasteiger partial charge >= 0.3 is 11.6 Å². The topological polar surface area (TPSA) is 148 Å². The summed E-state index contributed by atoms with van der Waals surface area (Å²) in [4.78, 5) is 55.3. The molecule has 0 spiro atoms. The molecule has 0 aliphatic carbocycles. The second kappa shape index (κ2) is 5.77. The molecule has 1 aliphatic rings. The van der Waals surface area contributed by atoms with Gasteiger partial charge in [-0.15, -0.1) is 0 Å². The molecule has 3 aromatic heterocycles. The van der Waals surface area contributed by atoms with Crippen molar-refractivity contribution in [3.8, 4) is 0 Å². The van der Waals surface area contributed by atoms with E-state index in [9.17, 15) is 24.5 Å². The Kier molecular flexibility index (Phi) is 3.62. The van der Waals surface area contributed by atoms with E-state index in [1.165, 1.54) is 37.0 Å². The Labute approximate surface area is 152 Å². The van der Waals surface area contributed by atoms with Crippen LogP contribution in [0.25, 0.3) is 11.2 Å². The highest BCUT2D eigenvalue weighted by Gasteiger charge is 2.36. The summed E-state index contributed by atoms with van der Waals surface area (Å²) in [6.45, 7) is 0. The molecule has 0 aromatic carbocycles. The first kappa shape index (κ1) is 17.0. The summed E-state index contributed by atoms with van der Waals surface area (Å²) < 4.78 is 8.17. The van der Waals surface area contributed by atoms with Crippen LogP contribution in [0.3, 0.4) is 0 Å². The van der Waals surface area contributed by atoms with Gasteiger partial charge in [-0.3, -0.25) is 33.8 Å². The second-order valence-corrected chi connectivity index (χ2v) is 6.67. The van der Waals surface area contributed by atoms with Crippen molar-refractivity contribution in [3.05, 3.63) is 48.8 Å². The molecule has 0 amide bonds. The van der Waals surface area contributed by atoms with Gasteiger partial charge in [-0.1, -0.05) is 11.8 Å². The van der Waals surface area contributed by atoms with E-state index in [1.807, 2.05) is 0 Å². The number of aliphatic imine (C=N–C) groups is 1. The number of carbonyl (C=O) groups is 1. The monoisotopic (exact) mass is 390 g/mol. The fraction of sp³-hybridized carbons (Fsp3) is 0.214. The first-order chi connectivity index (χ1) is 12.8. The van der Waals surface area contributed by atoms with Gasteiger partial charge in [0.05, 0.1) is 12.3 Å². The number of imidazole rings is 1. The van der Waals surface area contributed by atoms with E-state index in [4.69, 9.17) is 4.42 Å². The van der Waals surface area contributed by atoms with Crippen molar-refractivity contribution >= 4 is 40.9 Å². The molecule has 1 unspecified atom stereocenters. The Bertz CT molecular complexity index is 1280. The molecule has 0 fully saturated rings. The van der Waals surface area contributed by atoms with Crippen molar-refractivity contribution in [2.45, 2.75) is 10.5 Å². The van der Waals surface area contributed by atoms with E-state index < -0.39 is 33.3 Å². The Morgan fingerprint density at radius 2 is 2.04 bits per heavy atom. The fourth-order valence-electron chi connectivity index (χ4n) is 2.66. The molecule has 0 N–H and O–H groups in total. The SMILES string of the molecule is Cn1c(=O)c2c(nc3n2C(=O)C(N=Cc2ccc([N+](=O)[O-])o2)S3)n(C)c1=O. The van der Waals surface area contributed by atoms with Crippen LogP contribution in [0.1, 0.15) is 10.6 Å². The second-order valence-electron chi connectivity index (χ2n) is 5.63. The highest BCUT2D eigenvalue weighted by molar-refractivity contribution is 8.00. The highest BCUT2D eigenvalue weighted by Crippen LogP contribution is 2.34. The molecule has 4 rings (SSSR count). The lowest BCUT2D eigenvalue weighted by atomic mass is 10.4. The molecule has 4 heterocycles. The van der Waals surface area contributed by atoms with Crippen LogP contribution in [0, 0.1) is 10.1 Å².